The lowest BCUT2D eigenvalue weighted by atomic mass is 10.3. The number of hydrogen-bond acceptors (Lipinski definition) is 7. The summed E-state index contributed by atoms with van der Waals surface area (Å²) in [7, 11) is 2.57. The summed E-state index contributed by atoms with van der Waals surface area (Å²) >= 11 is 5.95. The van der Waals surface area contributed by atoms with Crippen molar-refractivity contribution in [3.05, 3.63) is 17.4 Å². The SMILES string of the molecule is COC(=O)CCN(c1cc(Cl)ncc1OC(=O)OC)C1CC1. The molecule has 1 saturated carbocycles. The Morgan fingerprint density at radius 3 is 2.68 bits per heavy atom. The van der Waals surface area contributed by atoms with E-state index in [4.69, 9.17) is 16.3 Å². The summed E-state index contributed by atoms with van der Waals surface area (Å²) in [6.45, 7) is 0.440. The lowest BCUT2D eigenvalue weighted by Gasteiger charge is -2.25. The van der Waals surface area contributed by atoms with Gasteiger partial charge in [-0.15, -0.1) is 0 Å². The van der Waals surface area contributed by atoms with Gasteiger partial charge in [0.15, 0.2) is 5.75 Å². The summed E-state index contributed by atoms with van der Waals surface area (Å²) in [5, 5.41) is 0.274. The van der Waals surface area contributed by atoms with E-state index < -0.39 is 6.16 Å². The van der Waals surface area contributed by atoms with Crippen molar-refractivity contribution >= 4 is 29.4 Å². The van der Waals surface area contributed by atoms with E-state index in [9.17, 15) is 9.59 Å². The minimum atomic E-state index is -0.839. The molecule has 0 atom stereocenters. The topological polar surface area (TPSA) is 78.0 Å². The van der Waals surface area contributed by atoms with Crippen LogP contribution in [0.1, 0.15) is 19.3 Å². The number of carbonyl (C=O) groups is 2. The van der Waals surface area contributed by atoms with Crippen LogP contribution in [0, 0.1) is 0 Å². The van der Waals surface area contributed by atoms with Crippen molar-refractivity contribution < 1.29 is 23.8 Å². The van der Waals surface area contributed by atoms with Crippen LogP contribution in [0.4, 0.5) is 10.5 Å². The Hall–Kier alpha value is -2.02. The molecule has 1 fully saturated rings. The molecule has 0 aromatic carbocycles. The summed E-state index contributed by atoms with van der Waals surface area (Å²) in [5.74, 6) is -0.0609. The van der Waals surface area contributed by atoms with Crippen molar-refractivity contribution in [3.8, 4) is 5.75 Å². The Morgan fingerprint density at radius 2 is 2.09 bits per heavy atom. The molecule has 1 aliphatic carbocycles. The van der Waals surface area contributed by atoms with Gasteiger partial charge in [0.25, 0.3) is 0 Å². The number of nitrogens with zero attached hydrogens (tertiary/aromatic N) is 2. The molecule has 22 heavy (non-hydrogen) atoms. The van der Waals surface area contributed by atoms with E-state index in [1.807, 2.05) is 4.90 Å². The van der Waals surface area contributed by atoms with Crippen LogP contribution >= 0.6 is 11.6 Å². The molecule has 1 aromatic heterocycles. The maximum Gasteiger partial charge on any atom is 0.513 e. The summed E-state index contributed by atoms with van der Waals surface area (Å²) in [6, 6.07) is 1.89. The number of esters is 1. The molecule has 1 heterocycles. The van der Waals surface area contributed by atoms with E-state index in [-0.39, 0.29) is 29.3 Å². The molecule has 8 heteroatoms. The number of carbonyl (C=O) groups excluding carboxylic acids is 2. The molecule has 1 aromatic rings. The number of pyridine rings is 1. The standard InChI is InChI=1S/C14H17ClN2O5/c1-20-13(18)5-6-17(9-3-4-9)10-7-12(15)16-8-11(10)22-14(19)21-2/h7-9H,3-6H2,1-2H3. The van der Waals surface area contributed by atoms with E-state index in [1.165, 1.54) is 20.4 Å². The number of aromatic nitrogens is 1. The summed E-state index contributed by atoms with van der Waals surface area (Å²) < 4.78 is 14.3. The molecule has 0 N–H and O–H groups in total. The largest absolute Gasteiger partial charge is 0.513 e. The van der Waals surface area contributed by atoms with Crippen LogP contribution < -0.4 is 9.64 Å². The van der Waals surface area contributed by atoms with E-state index in [2.05, 4.69) is 14.5 Å². The van der Waals surface area contributed by atoms with Gasteiger partial charge in [0.1, 0.15) is 5.15 Å². The smallest absolute Gasteiger partial charge is 0.469 e. The minimum absolute atomic E-state index is 0.227. The summed E-state index contributed by atoms with van der Waals surface area (Å²) in [5.41, 5.74) is 0.608. The zero-order chi connectivity index (χ0) is 16.1. The predicted octanol–water partition coefficient (Wildman–Crippen LogP) is 2.41. The minimum Gasteiger partial charge on any atom is -0.469 e. The number of halogens is 1. The first-order valence-electron chi connectivity index (χ1n) is 6.80. The summed E-state index contributed by atoms with van der Waals surface area (Å²) in [4.78, 5) is 28.6. The molecule has 0 bridgehead atoms. The number of methoxy groups -OCH3 is 2. The predicted molar refractivity (Wildman–Crippen MR) is 79.3 cm³/mol. The van der Waals surface area contributed by atoms with Gasteiger partial charge in [0, 0.05) is 18.7 Å². The van der Waals surface area contributed by atoms with Crippen molar-refractivity contribution in [3.63, 3.8) is 0 Å². The molecule has 120 valence electrons. The first-order chi connectivity index (χ1) is 10.5. The molecule has 7 nitrogen and oxygen atoms in total. The van der Waals surface area contributed by atoms with Crippen LogP contribution in [-0.4, -0.2) is 43.9 Å². The average molecular weight is 329 g/mol. The highest BCUT2D eigenvalue weighted by Crippen LogP contribution is 2.38. The van der Waals surface area contributed by atoms with Crippen molar-refractivity contribution in [2.75, 3.05) is 25.7 Å². The molecular formula is C14H17ClN2O5. The normalized spacial score (nSPS) is 13.4. The second-order valence-electron chi connectivity index (χ2n) is 4.78. The van der Waals surface area contributed by atoms with Crippen LogP contribution in [0.15, 0.2) is 12.3 Å². The Labute approximate surface area is 133 Å². The van der Waals surface area contributed by atoms with Crippen LogP contribution in [0.5, 0.6) is 5.75 Å². The second-order valence-corrected chi connectivity index (χ2v) is 5.17. The third-order valence-electron chi connectivity index (χ3n) is 3.25. The van der Waals surface area contributed by atoms with Gasteiger partial charge in [-0.2, -0.15) is 0 Å². The highest BCUT2D eigenvalue weighted by atomic mass is 35.5. The van der Waals surface area contributed by atoms with Crippen molar-refractivity contribution in [1.29, 1.82) is 0 Å². The summed E-state index contributed by atoms with van der Waals surface area (Å²) in [6.07, 6.45) is 2.75. The Kier molecular flexibility index (Phi) is 5.43. The van der Waals surface area contributed by atoms with Gasteiger partial charge in [0.2, 0.25) is 0 Å². The molecule has 0 amide bonds. The highest BCUT2D eigenvalue weighted by Gasteiger charge is 2.32. The molecule has 0 saturated heterocycles. The average Bonchev–Trinajstić information content (AvgIpc) is 3.34. The fourth-order valence-electron chi connectivity index (χ4n) is 2.04. The molecule has 1 aliphatic rings. The molecule has 0 radical (unpaired) electrons. The van der Waals surface area contributed by atoms with Gasteiger partial charge in [-0.05, 0) is 12.8 Å². The third kappa shape index (κ3) is 4.24. The maximum atomic E-state index is 11.4. The first-order valence-corrected chi connectivity index (χ1v) is 7.17. The highest BCUT2D eigenvalue weighted by molar-refractivity contribution is 6.29. The Morgan fingerprint density at radius 1 is 1.36 bits per heavy atom. The molecule has 2 rings (SSSR count). The third-order valence-corrected chi connectivity index (χ3v) is 3.46. The van der Waals surface area contributed by atoms with Crippen LogP contribution in [0.2, 0.25) is 5.15 Å². The van der Waals surface area contributed by atoms with Crippen LogP contribution in [0.3, 0.4) is 0 Å². The molecule has 0 spiro atoms. The van der Waals surface area contributed by atoms with E-state index in [1.54, 1.807) is 6.07 Å². The van der Waals surface area contributed by atoms with Gasteiger partial charge < -0.3 is 19.1 Å². The van der Waals surface area contributed by atoms with Gasteiger partial charge in [-0.3, -0.25) is 4.79 Å². The fraction of sp³-hybridized carbons (Fsp3) is 0.500. The molecule has 0 unspecified atom stereocenters. The van der Waals surface area contributed by atoms with Gasteiger partial charge >= 0.3 is 12.1 Å². The van der Waals surface area contributed by atoms with E-state index >= 15 is 0 Å². The van der Waals surface area contributed by atoms with Crippen molar-refractivity contribution in [2.45, 2.75) is 25.3 Å². The number of rotatable bonds is 6. The zero-order valence-corrected chi connectivity index (χ0v) is 13.1. The zero-order valence-electron chi connectivity index (χ0n) is 12.4. The Balaban J connectivity index is 2.23. The number of ether oxygens (including phenoxy) is 3. The van der Waals surface area contributed by atoms with Crippen LogP contribution in [0.25, 0.3) is 0 Å². The first kappa shape index (κ1) is 16.4. The molecular weight excluding hydrogens is 312 g/mol. The lowest BCUT2D eigenvalue weighted by molar-refractivity contribution is -0.140. The second kappa shape index (κ2) is 7.31. The Bertz CT molecular complexity index is 562. The van der Waals surface area contributed by atoms with E-state index in [0.717, 1.165) is 12.8 Å². The van der Waals surface area contributed by atoms with E-state index in [0.29, 0.717) is 12.2 Å². The quantitative estimate of drug-likeness (QED) is 0.586. The molecule has 0 aliphatic heterocycles. The number of anilines is 1. The van der Waals surface area contributed by atoms with Crippen LogP contribution in [-0.2, 0) is 14.3 Å². The number of hydrogen-bond donors (Lipinski definition) is 0. The van der Waals surface area contributed by atoms with Crippen molar-refractivity contribution in [1.82, 2.24) is 4.98 Å². The lowest BCUT2D eigenvalue weighted by Crippen LogP contribution is -2.29. The fourth-order valence-corrected chi connectivity index (χ4v) is 2.19. The maximum absolute atomic E-state index is 11.4. The van der Waals surface area contributed by atoms with Gasteiger partial charge in [-0.1, -0.05) is 11.6 Å². The van der Waals surface area contributed by atoms with Gasteiger partial charge in [0.05, 0.1) is 32.5 Å². The van der Waals surface area contributed by atoms with Gasteiger partial charge in [-0.25, -0.2) is 9.78 Å². The van der Waals surface area contributed by atoms with Crippen molar-refractivity contribution in [2.24, 2.45) is 0 Å². The monoisotopic (exact) mass is 328 g/mol.